The number of hydrogen-bond donors (Lipinski definition) is 1. The Labute approximate surface area is 115 Å². The summed E-state index contributed by atoms with van der Waals surface area (Å²) in [4.78, 5) is 19.5. The second-order valence-electron chi connectivity index (χ2n) is 4.44. The van der Waals surface area contributed by atoms with Crippen molar-refractivity contribution in [3.8, 4) is 0 Å². The molecule has 2 rings (SSSR count). The van der Waals surface area contributed by atoms with Gasteiger partial charge < -0.3 is 10.6 Å². The molecule has 0 spiro atoms. The predicted octanol–water partition coefficient (Wildman–Crippen LogP) is 0.842. The van der Waals surface area contributed by atoms with E-state index in [1.54, 1.807) is 6.20 Å². The highest BCUT2D eigenvalue weighted by Gasteiger charge is 2.16. The standard InChI is InChI=1S/C12H17BrN4O/c13-10-6-11(8-15-7-10)17-3-1-2-16(4-5-17)9-12(14)18/h6-8H,1-5,9H2,(H2,14,18). The van der Waals surface area contributed by atoms with E-state index in [-0.39, 0.29) is 5.91 Å². The largest absolute Gasteiger partial charge is 0.369 e. The van der Waals surface area contributed by atoms with Gasteiger partial charge in [-0.15, -0.1) is 0 Å². The van der Waals surface area contributed by atoms with Gasteiger partial charge in [0, 0.05) is 36.8 Å². The molecule has 5 nitrogen and oxygen atoms in total. The van der Waals surface area contributed by atoms with Gasteiger partial charge in [0.2, 0.25) is 5.91 Å². The Morgan fingerprint density at radius 3 is 2.89 bits per heavy atom. The van der Waals surface area contributed by atoms with Crippen molar-refractivity contribution >= 4 is 27.5 Å². The second kappa shape index (κ2) is 6.15. The van der Waals surface area contributed by atoms with Crippen LogP contribution in [0.4, 0.5) is 5.69 Å². The van der Waals surface area contributed by atoms with Gasteiger partial charge in [-0.1, -0.05) is 0 Å². The number of amides is 1. The van der Waals surface area contributed by atoms with E-state index in [9.17, 15) is 4.79 Å². The molecule has 6 heteroatoms. The van der Waals surface area contributed by atoms with Crippen LogP contribution in [0.5, 0.6) is 0 Å². The maximum atomic E-state index is 10.9. The molecule has 2 heterocycles. The van der Waals surface area contributed by atoms with E-state index in [4.69, 9.17) is 5.73 Å². The highest BCUT2D eigenvalue weighted by Crippen LogP contribution is 2.19. The Morgan fingerprint density at radius 2 is 2.17 bits per heavy atom. The van der Waals surface area contributed by atoms with E-state index in [1.807, 2.05) is 6.20 Å². The summed E-state index contributed by atoms with van der Waals surface area (Å²) in [6, 6.07) is 2.07. The zero-order chi connectivity index (χ0) is 13.0. The van der Waals surface area contributed by atoms with Crippen LogP contribution >= 0.6 is 15.9 Å². The molecule has 0 atom stereocenters. The van der Waals surface area contributed by atoms with Crippen LogP contribution < -0.4 is 10.6 Å². The van der Waals surface area contributed by atoms with Gasteiger partial charge in [-0.05, 0) is 28.4 Å². The second-order valence-corrected chi connectivity index (χ2v) is 5.36. The molecule has 0 aliphatic carbocycles. The summed E-state index contributed by atoms with van der Waals surface area (Å²) >= 11 is 3.43. The number of hydrogen-bond acceptors (Lipinski definition) is 4. The molecule has 1 aliphatic rings. The van der Waals surface area contributed by atoms with Gasteiger partial charge in [-0.3, -0.25) is 14.7 Å². The highest BCUT2D eigenvalue weighted by atomic mass is 79.9. The lowest BCUT2D eigenvalue weighted by atomic mass is 10.3. The fraction of sp³-hybridized carbons (Fsp3) is 0.500. The smallest absolute Gasteiger partial charge is 0.231 e. The van der Waals surface area contributed by atoms with Gasteiger partial charge in [0.25, 0.3) is 0 Å². The van der Waals surface area contributed by atoms with Gasteiger partial charge in [0.15, 0.2) is 0 Å². The normalized spacial score (nSPS) is 17.5. The number of carbonyl (C=O) groups excluding carboxylic acids is 1. The molecule has 0 bridgehead atoms. The number of rotatable bonds is 3. The third-order valence-corrected chi connectivity index (χ3v) is 3.46. The minimum Gasteiger partial charge on any atom is -0.369 e. The first-order valence-corrected chi connectivity index (χ1v) is 6.80. The van der Waals surface area contributed by atoms with E-state index < -0.39 is 0 Å². The first kappa shape index (κ1) is 13.3. The van der Waals surface area contributed by atoms with Crippen LogP contribution in [0, 0.1) is 0 Å². The molecule has 18 heavy (non-hydrogen) atoms. The lowest BCUT2D eigenvalue weighted by Gasteiger charge is -2.23. The number of primary amides is 1. The van der Waals surface area contributed by atoms with Crippen LogP contribution in [0.2, 0.25) is 0 Å². The highest BCUT2D eigenvalue weighted by molar-refractivity contribution is 9.10. The van der Waals surface area contributed by atoms with Gasteiger partial charge in [-0.2, -0.15) is 0 Å². The van der Waals surface area contributed by atoms with Gasteiger partial charge in [0.1, 0.15) is 0 Å². The van der Waals surface area contributed by atoms with Crippen molar-refractivity contribution in [2.24, 2.45) is 5.73 Å². The number of nitrogens with two attached hydrogens (primary N) is 1. The Morgan fingerprint density at radius 1 is 1.33 bits per heavy atom. The number of nitrogens with zero attached hydrogens (tertiary/aromatic N) is 3. The van der Waals surface area contributed by atoms with Crippen LogP contribution in [0.1, 0.15) is 6.42 Å². The van der Waals surface area contributed by atoms with E-state index in [2.05, 4.69) is 36.8 Å². The molecular weight excluding hydrogens is 296 g/mol. The summed E-state index contributed by atoms with van der Waals surface area (Å²) in [5.74, 6) is -0.257. The quantitative estimate of drug-likeness (QED) is 0.898. The zero-order valence-electron chi connectivity index (χ0n) is 10.2. The Kier molecular flexibility index (Phi) is 4.54. The molecule has 0 unspecified atom stereocenters. The Balaban J connectivity index is 1.98. The summed E-state index contributed by atoms with van der Waals surface area (Å²) in [5.41, 5.74) is 6.35. The van der Waals surface area contributed by atoms with E-state index in [0.717, 1.165) is 42.8 Å². The third kappa shape index (κ3) is 3.68. The number of anilines is 1. The van der Waals surface area contributed by atoms with Crippen LogP contribution in [0.3, 0.4) is 0 Å². The SMILES string of the molecule is NC(=O)CN1CCCN(c2cncc(Br)c2)CC1. The Bertz CT molecular complexity index is 426. The minimum absolute atomic E-state index is 0.257. The molecular formula is C12H17BrN4O. The van der Waals surface area contributed by atoms with Crippen molar-refractivity contribution in [1.82, 2.24) is 9.88 Å². The number of carbonyl (C=O) groups is 1. The minimum atomic E-state index is -0.257. The van der Waals surface area contributed by atoms with Gasteiger partial charge >= 0.3 is 0 Å². The van der Waals surface area contributed by atoms with Crippen molar-refractivity contribution in [3.05, 3.63) is 22.9 Å². The average Bonchev–Trinajstić information content (AvgIpc) is 2.54. The molecule has 2 N–H and O–H groups in total. The average molecular weight is 313 g/mol. The van der Waals surface area contributed by atoms with Crippen molar-refractivity contribution in [3.63, 3.8) is 0 Å². The summed E-state index contributed by atoms with van der Waals surface area (Å²) in [6.07, 6.45) is 4.68. The predicted molar refractivity (Wildman–Crippen MR) is 74.4 cm³/mol. The van der Waals surface area contributed by atoms with Crippen molar-refractivity contribution in [1.29, 1.82) is 0 Å². The molecule has 0 radical (unpaired) electrons. The monoisotopic (exact) mass is 312 g/mol. The molecule has 1 amide bonds. The molecule has 1 aliphatic heterocycles. The number of halogens is 1. The topological polar surface area (TPSA) is 62.5 Å². The summed E-state index contributed by atoms with van der Waals surface area (Å²) in [5, 5.41) is 0. The fourth-order valence-electron chi connectivity index (χ4n) is 2.18. The van der Waals surface area contributed by atoms with Crippen molar-refractivity contribution in [2.45, 2.75) is 6.42 Å². The van der Waals surface area contributed by atoms with Crippen LogP contribution in [0.15, 0.2) is 22.9 Å². The molecule has 0 saturated carbocycles. The maximum absolute atomic E-state index is 10.9. The van der Waals surface area contributed by atoms with E-state index >= 15 is 0 Å². The molecule has 1 fully saturated rings. The summed E-state index contributed by atoms with van der Waals surface area (Å²) in [7, 11) is 0. The maximum Gasteiger partial charge on any atom is 0.231 e. The summed E-state index contributed by atoms with van der Waals surface area (Å²) < 4.78 is 0.984. The lowest BCUT2D eigenvalue weighted by molar-refractivity contribution is -0.119. The molecule has 1 aromatic heterocycles. The first-order valence-electron chi connectivity index (χ1n) is 6.01. The molecule has 98 valence electrons. The molecule has 1 saturated heterocycles. The molecule has 1 aromatic rings. The lowest BCUT2D eigenvalue weighted by Crippen LogP contribution is -2.36. The first-order chi connectivity index (χ1) is 8.65. The van der Waals surface area contributed by atoms with Crippen molar-refractivity contribution < 1.29 is 4.79 Å². The molecule has 0 aromatic carbocycles. The van der Waals surface area contributed by atoms with Crippen LogP contribution in [0.25, 0.3) is 0 Å². The fourth-order valence-corrected chi connectivity index (χ4v) is 2.53. The number of pyridine rings is 1. The third-order valence-electron chi connectivity index (χ3n) is 3.02. The number of aromatic nitrogens is 1. The zero-order valence-corrected chi connectivity index (χ0v) is 11.8. The van der Waals surface area contributed by atoms with Gasteiger partial charge in [0.05, 0.1) is 18.4 Å². The van der Waals surface area contributed by atoms with Crippen LogP contribution in [-0.4, -0.2) is 48.5 Å². The van der Waals surface area contributed by atoms with Gasteiger partial charge in [-0.25, -0.2) is 0 Å². The van der Waals surface area contributed by atoms with E-state index in [1.165, 1.54) is 0 Å². The van der Waals surface area contributed by atoms with Crippen LogP contribution in [-0.2, 0) is 4.79 Å². The van der Waals surface area contributed by atoms with E-state index in [0.29, 0.717) is 6.54 Å². The summed E-state index contributed by atoms with van der Waals surface area (Å²) in [6.45, 7) is 4.00. The Hall–Kier alpha value is -1.14. The van der Waals surface area contributed by atoms with Crippen molar-refractivity contribution in [2.75, 3.05) is 37.6 Å².